The highest BCUT2D eigenvalue weighted by Gasteiger charge is 2.50. The molecule has 4 rings (SSSR count). The molecule has 1 saturated carbocycles. The van der Waals surface area contributed by atoms with Crippen molar-refractivity contribution in [2.45, 2.75) is 52.0 Å². The lowest BCUT2D eigenvalue weighted by molar-refractivity contribution is -0.134. The fourth-order valence-corrected chi connectivity index (χ4v) is 4.51. The summed E-state index contributed by atoms with van der Waals surface area (Å²) < 4.78 is 5.44. The summed E-state index contributed by atoms with van der Waals surface area (Å²) in [5.74, 6) is 1.57. The van der Waals surface area contributed by atoms with Crippen molar-refractivity contribution in [1.82, 2.24) is 20.8 Å². The van der Waals surface area contributed by atoms with Crippen LogP contribution in [0.15, 0.2) is 28.8 Å². The summed E-state index contributed by atoms with van der Waals surface area (Å²) in [6.07, 6.45) is 5.44. The molecule has 27 heavy (non-hydrogen) atoms. The van der Waals surface area contributed by atoms with Gasteiger partial charge in [-0.3, -0.25) is 4.79 Å². The maximum atomic E-state index is 13.1. The second-order valence-corrected chi connectivity index (χ2v) is 7.93. The van der Waals surface area contributed by atoms with E-state index in [1.165, 1.54) is 12.0 Å². The van der Waals surface area contributed by atoms with Crippen molar-refractivity contribution >= 4 is 5.91 Å². The van der Waals surface area contributed by atoms with Crippen LogP contribution in [-0.4, -0.2) is 29.1 Å². The molecule has 1 aromatic carbocycles. The lowest BCUT2D eigenvalue weighted by Gasteiger charge is -2.37. The smallest absolute Gasteiger partial charge is 0.249 e. The first-order chi connectivity index (χ1) is 13.1. The van der Waals surface area contributed by atoms with Crippen LogP contribution in [0.5, 0.6) is 0 Å². The van der Waals surface area contributed by atoms with Crippen molar-refractivity contribution < 1.29 is 9.32 Å². The number of hydrogen-bond acceptors (Lipinski definition) is 5. The first kappa shape index (κ1) is 18.2. The topological polar surface area (TPSA) is 80.0 Å². The number of carbonyl (C=O) groups is 1. The molecule has 0 spiro atoms. The lowest BCUT2D eigenvalue weighted by Crippen LogP contribution is -2.48. The van der Waals surface area contributed by atoms with Crippen molar-refractivity contribution in [2.24, 2.45) is 11.3 Å². The predicted octanol–water partition coefficient (Wildman–Crippen LogP) is 3.26. The van der Waals surface area contributed by atoms with E-state index in [4.69, 9.17) is 4.52 Å². The summed E-state index contributed by atoms with van der Waals surface area (Å²) in [6.45, 7) is 5.75. The summed E-state index contributed by atoms with van der Waals surface area (Å²) >= 11 is 0. The van der Waals surface area contributed by atoms with E-state index >= 15 is 0 Å². The maximum absolute atomic E-state index is 13.1. The molecule has 1 amide bonds. The summed E-state index contributed by atoms with van der Waals surface area (Å²) in [5, 5.41) is 10.7. The molecule has 2 N–H and O–H groups in total. The van der Waals surface area contributed by atoms with Crippen molar-refractivity contribution in [3.63, 3.8) is 0 Å². The van der Waals surface area contributed by atoms with Gasteiger partial charge in [0.15, 0.2) is 0 Å². The third-order valence-corrected chi connectivity index (χ3v) is 6.27. The van der Waals surface area contributed by atoms with Crippen LogP contribution in [0.2, 0.25) is 0 Å². The molecule has 2 aliphatic rings. The highest BCUT2D eigenvalue weighted by molar-refractivity contribution is 5.84. The predicted molar refractivity (Wildman–Crippen MR) is 103 cm³/mol. The van der Waals surface area contributed by atoms with Gasteiger partial charge in [-0.05, 0) is 44.2 Å². The van der Waals surface area contributed by atoms with Crippen LogP contribution in [-0.2, 0) is 11.2 Å². The van der Waals surface area contributed by atoms with Crippen LogP contribution in [0.1, 0.15) is 57.0 Å². The minimum atomic E-state index is -0.300. The molecule has 2 heterocycles. The quantitative estimate of drug-likeness (QED) is 0.847. The zero-order chi connectivity index (χ0) is 18.9. The molecule has 0 radical (unpaired) electrons. The molecule has 2 aromatic rings. The monoisotopic (exact) mass is 368 g/mol. The summed E-state index contributed by atoms with van der Waals surface area (Å²) in [5.41, 5.74) is 1.92. The van der Waals surface area contributed by atoms with E-state index in [2.05, 4.69) is 39.8 Å². The SMILES string of the molecule is CCc1ccc(-c2noc(C(C)NC(=O)[C@@]34CCCC[C@H]3CNC4)n2)cc1. The molecule has 1 aliphatic heterocycles. The molecule has 6 nitrogen and oxygen atoms in total. The number of nitrogens with zero attached hydrogens (tertiary/aromatic N) is 2. The number of carbonyl (C=O) groups excluding carboxylic acids is 1. The van der Waals surface area contributed by atoms with Gasteiger partial charge < -0.3 is 15.2 Å². The van der Waals surface area contributed by atoms with Gasteiger partial charge in [0, 0.05) is 12.1 Å². The van der Waals surface area contributed by atoms with Gasteiger partial charge in [-0.15, -0.1) is 0 Å². The normalized spacial score (nSPS) is 25.8. The lowest BCUT2D eigenvalue weighted by atomic mass is 9.67. The molecule has 2 fully saturated rings. The minimum absolute atomic E-state index is 0.122. The highest BCUT2D eigenvalue weighted by atomic mass is 16.5. The molecule has 0 bridgehead atoms. The Morgan fingerprint density at radius 3 is 2.96 bits per heavy atom. The van der Waals surface area contributed by atoms with Crippen LogP contribution in [0.25, 0.3) is 11.4 Å². The number of aromatic nitrogens is 2. The van der Waals surface area contributed by atoms with Crippen molar-refractivity contribution in [3.05, 3.63) is 35.7 Å². The van der Waals surface area contributed by atoms with Gasteiger partial charge >= 0.3 is 0 Å². The molecule has 1 saturated heterocycles. The molecule has 6 heteroatoms. The van der Waals surface area contributed by atoms with Gasteiger partial charge in [0.25, 0.3) is 0 Å². The Balaban J connectivity index is 1.46. The van der Waals surface area contributed by atoms with Gasteiger partial charge in [0.1, 0.15) is 6.04 Å². The minimum Gasteiger partial charge on any atom is -0.344 e. The number of amides is 1. The number of hydrogen-bond donors (Lipinski definition) is 2. The molecular formula is C21H28N4O2. The van der Waals surface area contributed by atoms with E-state index in [1.54, 1.807) is 0 Å². The van der Waals surface area contributed by atoms with Gasteiger partial charge in [-0.25, -0.2) is 0 Å². The maximum Gasteiger partial charge on any atom is 0.249 e. The van der Waals surface area contributed by atoms with E-state index in [9.17, 15) is 4.79 Å². The number of fused-ring (bicyclic) bond motifs is 1. The summed E-state index contributed by atoms with van der Waals surface area (Å²) in [6, 6.07) is 7.86. The van der Waals surface area contributed by atoms with E-state index in [1.807, 2.05) is 19.1 Å². The largest absolute Gasteiger partial charge is 0.344 e. The molecule has 3 atom stereocenters. The first-order valence-electron chi connectivity index (χ1n) is 10.1. The Morgan fingerprint density at radius 1 is 1.37 bits per heavy atom. The summed E-state index contributed by atoms with van der Waals surface area (Å²) in [7, 11) is 0. The molecule has 1 unspecified atom stereocenters. The Hall–Kier alpha value is -2.21. The standard InChI is InChI=1S/C21H28N4O2/c1-3-15-7-9-16(10-8-15)18-24-19(27-25-18)14(2)23-20(26)21-11-5-4-6-17(21)12-22-13-21/h7-10,14,17,22H,3-6,11-13H2,1-2H3,(H,23,26)/t14?,17-,21+/m0/s1. The number of rotatable bonds is 5. The average Bonchev–Trinajstić information content (AvgIpc) is 3.36. The fourth-order valence-electron chi connectivity index (χ4n) is 4.51. The molecule has 1 aromatic heterocycles. The zero-order valence-electron chi connectivity index (χ0n) is 16.1. The molecule has 144 valence electrons. The van der Waals surface area contributed by atoms with E-state index in [-0.39, 0.29) is 17.4 Å². The second-order valence-electron chi connectivity index (χ2n) is 7.93. The van der Waals surface area contributed by atoms with E-state index < -0.39 is 0 Å². The Bertz CT molecular complexity index is 801. The number of benzene rings is 1. The number of nitrogens with one attached hydrogen (secondary N) is 2. The fraction of sp³-hybridized carbons (Fsp3) is 0.571. The van der Waals surface area contributed by atoms with E-state index in [0.717, 1.165) is 44.3 Å². The van der Waals surface area contributed by atoms with E-state index in [0.29, 0.717) is 17.6 Å². The summed E-state index contributed by atoms with van der Waals surface area (Å²) in [4.78, 5) is 17.6. The van der Waals surface area contributed by atoms with Crippen LogP contribution in [0.3, 0.4) is 0 Å². The second kappa shape index (κ2) is 7.43. The third kappa shape index (κ3) is 3.38. The van der Waals surface area contributed by atoms with Crippen molar-refractivity contribution in [2.75, 3.05) is 13.1 Å². The van der Waals surface area contributed by atoms with Crippen LogP contribution < -0.4 is 10.6 Å². The van der Waals surface area contributed by atoms with Crippen LogP contribution >= 0.6 is 0 Å². The Labute approximate surface area is 160 Å². The Kier molecular flexibility index (Phi) is 5.00. The van der Waals surface area contributed by atoms with Crippen molar-refractivity contribution in [3.8, 4) is 11.4 Å². The zero-order valence-corrected chi connectivity index (χ0v) is 16.1. The molecular weight excluding hydrogens is 340 g/mol. The van der Waals surface area contributed by atoms with Gasteiger partial charge in [-0.2, -0.15) is 4.98 Å². The first-order valence-corrected chi connectivity index (χ1v) is 10.1. The van der Waals surface area contributed by atoms with Gasteiger partial charge in [0.2, 0.25) is 17.6 Å². The third-order valence-electron chi connectivity index (χ3n) is 6.27. The Morgan fingerprint density at radius 2 is 2.19 bits per heavy atom. The highest BCUT2D eigenvalue weighted by Crippen LogP contribution is 2.44. The van der Waals surface area contributed by atoms with Gasteiger partial charge in [0.05, 0.1) is 5.41 Å². The number of aryl methyl sites for hydroxylation is 1. The van der Waals surface area contributed by atoms with Crippen molar-refractivity contribution in [1.29, 1.82) is 0 Å². The van der Waals surface area contributed by atoms with Gasteiger partial charge in [-0.1, -0.05) is 49.2 Å². The van der Waals surface area contributed by atoms with Crippen LogP contribution in [0.4, 0.5) is 0 Å². The molecule has 1 aliphatic carbocycles. The van der Waals surface area contributed by atoms with Crippen LogP contribution in [0, 0.1) is 11.3 Å². The average molecular weight is 368 g/mol.